The molecule has 2 unspecified atom stereocenters. The van der Waals surface area contributed by atoms with Crippen LogP contribution in [0, 0.1) is 11.6 Å². The lowest BCUT2D eigenvalue weighted by molar-refractivity contribution is -0.114. The number of hydrogen-bond acceptors (Lipinski definition) is 6. The molecule has 2 aliphatic heterocycles. The molecule has 3 amide bonds. The maximum absolute atomic E-state index is 13.6. The second kappa shape index (κ2) is 8.62. The third kappa shape index (κ3) is 4.76. The molecule has 1 aromatic heterocycles. The molecule has 162 valence electrons. The number of halogens is 2. The third-order valence-corrected chi connectivity index (χ3v) is 4.92. The summed E-state index contributed by atoms with van der Waals surface area (Å²) in [7, 11) is 0. The van der Waals surface area contributed by atoms with Gasteiger partial charge in [0.05, 0.1) is 12.6 Å². The van der Waals surface area contributed by atoms with E-state index < -0.39 is 17.7 Å². The van der Waals surface area contributed by atoms with Gasteiger partial charge in [0.25, 0.3) is 0 Å². The van der Waals surface area contributed by atoms with Crippen LogP contribution in [0.4, 0.5) is 19.5 Å². The lowest BCUT2D eigenvalue weighted by Gasteiger charge is -2.27. The van der Waals surface area contributed by atoms with Gasteiger partial charge in [0.1, 0.15) is 17.7 Å². The van der Waals surface area contributed by atoms with Crippen LogP contribution in [0.2, 0.25) is 0 Å². The van der Waals surface area contributed by atoms with Crippen LogP contribution < -0.4 is 10.1 Å². The van der Waals surface area contributed by atoms with E-state index >= 15 is 0 Å². The molecule has 1 aromatic carbocycles. The number of ether oxygens (including phenoxy) is 1. The van der Waals surface area contributed by atoms with Gasteiger partial charge in [-0.05, 0) is 17.7 Å². The number of nitrogens with zero attached hydrogens (tertiary/aromatic N) is 5. The number of aromatic nitrogens is 2. The maximum atomic E-state index is 13.6. The van der Waals surface area contributed by atoms with Crippen LogP contribution >= 0.6 is 0 Å². The molecule has 2 aliphatic rings. The Kier molecular flexibility index (Phi) is 5.74. The summed E-state index contributed by atoms with van der Waals surface area (Å²) >= 11 is 0. The van der Waals surface area contributed by atoms with Crippen molar-refractivity contribution in [2.75, 3.05) is 18.4 Å². The second-order valence-corrected chi connectivity index (χ2v) is 7.25. The number of benzene rings is 1. The summed E-state index contributed by atoms with van der Waals surface area (Å²) in [6.45, 7) is 2.08. The number of carbonyl (C=O) groups excluding carboxylic acids is 2. The predicted octanol–water partition coefficient (Wildman–Crippen LogP) is 2.72. The zero-order valence-corrected chi connectivity index (χ0v) is 16.7. The van der Waals surface area contributed by atoms with E-state index in [2.05, 4.69) is 20.4 Å². The molecule has 9 nitrogen and oxygen atoms in total. The van der Waals surface area contributed by atoms with Gasteiger partial charge >= 0.3 is 6.03 Å². The average molecular weight is 430 g/mol. The Bertz CT molecular complexity index is 1010. The van der Waals surface area contributed by atoms with E-state index in [0.29, 0.717) is 31.5 Å². The summed E-state index contributed by atoms with van der Waals surface area (Å²) < 4.78 is 33.1. The van der Waals surface area contributed by atoms with Gasteiger partial charge in [-0.15, -0.1) is 0 Å². The molecule has 1 saturated heterocycles. The van der Waals surface area contributed by atoms with E-state index in [1.165, 1.54) is 30.3 Å². The molecule has 0 bridgehead atoms. The first-order valence-electron chi connectivity index (χ1n) is 9.73. The van der Waals surface area contributed by atoms with E-state index in [9.17, 15) is 18.4 Å². The standard InChI is InChI=1S/C20H20F2N6O3/c1-12(29)25-19-23-5-3-18(26-19)31-16-4-7-27(11-16)20(30)28-17(2-6-24-28)13-8-14(21)10-15(22)9-13/h3,5-6,8-10,16-17H,2,4,7,11H2,1H3,(H,23,25,26,29). The zero-order chi connectivity index (χ0) is 22.0. The average Bonchev–Trinajstić information content (AvgIpc) is 3.36. The number of carbonyl (C=O) groups is 2. The molecule has 0 radical (unpaired) electrons. The molecule has 31 heavy (non-hydrogen) atoms. The number of hydrogen-bond donors (Lipinski definition) is 1. The summed E-state index contributed by atoms with van der Waals surface area (Å²) in [5.41, 5.74) is 0.349. The van der Waals surface area contributed by atoms with Crippen molar-refractivity contribution < 1.29 is 23.1 Å². The van der Waals surface area contributed by atoms with E-state index in [1.807, 2.05) is 0 Å². The first kappa shape index (κ1) is 20.6. The van der Waals surface area contributed by atoms with E-state index in [1.54, 1.807) is 17.2 Å². The third-order valence-electron chi connectivity index (χ3n) is 4.92. The summed E-state index contributed by atoms with van der Waals surface area (Å²) in [6, 6.07) is 3.84. The number of anilines is 1. The summed E-state index contributed by atoms with van der Waals surface area (Å²) in [6.07, 6.45) is 3.66. The van der Waals surface area contributed by atoms with Crippen LogP contribution in [0.25, 0.3) is 0 Å². The van der Waals surface area contributed by atoms with Crippen LogP contribution in [-0.2, 0) is 4.79 Å². The van der Waals surface area contributed by atoms with Crippen molar-refractivity contribution in [3.63, 3.8) is 0 Å². The fourth-order valence-electron chi connectivity index (χ4n) is 3.58. The number of hydrazone groups is 1. The highest BCUT2D eigenvalue weighted by Crippen LogP contribution is 2.31. The van der Waals surface area contributed by atoms with Gasteiger partial charge in [0, 0.05) is 50.9 Å². The topological polar surface area (TPSA) is 100 Å². The van der Waals surface area contributed by atoms with Crippen molar-refractivity contribution in [1.29, 1.82) is 0 Å². The minimum atomic E-state index is -0.701. The minimum Gasteiger partial charge on any atom is -0.472 e. The molecule has 1 fully saturated rings. The van der Waals surface area contributed by atoms with Gasteiger partial charge in [0.15, 0.2) is 0 Å². The van der Waals surface area contributed by atoms with E-state index in [4.69, 9.17) is 4.74 Å². The zero-order valence-electron chi connectivity index (χ0n) is 16.7. The normalized spacial score (nSPS) is 20.2. The first-order valence-corrected chi connectivity index (χ1v) is 9.73. The van der Waals surface area contributed by atoms with Crippen molar-refractivity contribution in [2.24, 2.45) is 5.10 Å². The molecule has 4 rings (SSSR count). The summed E-state index contributed by atoms with van der Waals surface area (Å²) in [4.78, 5) is 33.8. The Morgan fingerprint density at radius 3 is 2.74 bits per heavy atom. The SMILES string of the molecule is CC(=O)Nc1nccc(OC2CCN(C(=O)N3N=CCC3c3cc(F)cc(F)c3)C2)n1. The van der Waals surface area contributed by atoms with Gasteiger partial charge in [-0.3, -0.25) is 10.1 Å². The van der Waals surface area contributed by atoms with Crippen LogP contribution in [0.5, 0.6) is 5.88 Å². The molecule has 2 aromatic rings. The van der Waals surface area contributed by atoms with E-state index in [-0.39, 0.29) is 29.9 Å². The monoisotopic (exact) mass is 430 g/mol. The van der Waals surface area contributed by atoms with Crippen LogP contribution in [-0.4, -0.2) is 57.2 Å². The first-order chi connectivity index (χ1) is 14.9. The molecule has 3 heterocycles. The van der Waals surface area contributed by atoms with Crippen molar-refractivity contribution in [3.05, 3.63) is 47.7 Å². The summed E-state index contributed by atoms with van der Waals surface area (Å²) in [5, 5.41) is 7.84. The Morgan fingerprint density at radius 1 is 1.23 bits per heavy atom. The molecule has 1 N–H and O–H groups in total. The number of amides is 3. The van der Waals surface area contributed by atoms with Crippen molar-refractivity contribution in [3.8, 4) is 5.88 Å². The number of nitrogens with one attached hydrogen (secondary N) is 1. The van der Waals surface area contributed by atoms with Crippen molar-refractivity contribution in [1.82, 2.24) is 19.9 Å². The van der Waals surface area contributed by atoms with Gasteiger partial charge in [0.2, 0.25) is 17.7 Å². The Hall–Kier alpha value is -3.63. The van der Waals surface area contributed by atoms with Gasteiger partial charge in [-0.1, -0.05) is 0 Å². The highest BCUT2D eigenvalue weighted by molar-refractivity contribution is 5.86. The fraction of sp³-hybridized carbons (Fsp3) is 0.350. The number of likely N-dealkylation sites (tertiary alicyclic amines) is 1. The smallest absolute Gasteiger partial charge is 0.341 e. The van der Waals surface area contributed by atoms with Gasteiger partial charge < -0.3 is 9.64 Å². The lowest BCUT2D eigenvalue weighted by Crippen LogP contribution is -2.40. The molecule has 0 saturated carbocycles. The van der Waals surface area contributed by atoms with Crippen molar-refractivity contribution in [2.45, 2.75) is 31.9 Å². The number of rotatable bonds is 4. The molecule has 2 atom stereocenters. The highest BCUT2D eigenvalue weighted by atomic mass is 19.1. The minimum absolute atomic E-state index is 0.132. The fourth-order valence-corrected chi connectivity index (χ4v) is 3.58. The lowest BCUT2D eigenvalue weighted by atomic mass is 10.0. The van der Waals surface area contributed by atoms with Gasteiger partial charge in [-0.25, -0.2) is 23.6 Å². The largest absolute Gasteiger partial charge is 0.472 e. The van der Waals surface area contributed by atoms with Crippen LogP contribution in [0.15, 0.2) is 35.6 Å². The Morgan fingerprint density at radius 2 is 2.00 bits per heavy atom. The van der Waals surface area contributed by atoms with Gasteiger partial charge in [-0.2, -0.15) is 10.1 Å². The highest BCUT2D eigenvalue weighted by Gasteiger charge is 2.36. The maximum Gasteiger partial charge on any atom is 0.341 e. The van der Waals surface area contributed by atoms with Crippen LogP contribution in [0.1, 0.15) is 31.4 Å². The summed E-state index contributed by atoms with van der Waals surface area (Å²) in [5.74, 6) is -1.29. The molecule has 11 heteroatoms. The predicted molar refractivity (Wildman–Crippen MR) is 106 cm³/mol. The second-order valence-electron chi connectivity index (χ2n) is 7.25. The molecule has 0 aliphatic carbocycles. The van der Waals surface area contributed by atoms with Crippen molar-refractivity contribution >= 4 is 24.1 Å². The molecular weight excluding hydrogens is 410 g/mol. The van der Waals surface area contributed by atoms with Crippen LogP contribution in [0.3, 0.4) is 0 Å². The number of urea groups is 1. The quantitative estimate of drug-likeness (QED) is 0.804. The Balaban J connectivity index is 1.40. The molecular formula is C20H20F2N6O3. The molecule has 0 spiro atoms. The Labute approximate surface area is 176 Å². The van der Waals surface area contributed by atoms with E-state index in [0.717, 1.165) is 6.07 Å².